The smallest absolute Gasteiger partial charge is 0.258 e. The summed E-state index contributed by atoms with van der Waals surface area (Å²) in [7, 11) is 0. The fourth-order valence-electron chi connectivity index (χ4n) is 3.52. The minimum Gasteiger partial charge on any atom is -0.323 e. The quantitative estimate of drug-likeness (QED) is 0.938. The molecule has 2 aliphatic heterocycles. The van der Waals surface area contributed by atoms with E-state index < -0.39 is 0 Å². The zero-order valence-corrected chi connectivity index (χ0v) is 14.1. The second-order valence-corrected chi connectivity index (χ2v) is 6.64. The van der Waals surface area contributed by atoms with Crippen molar-refractivity contribution in [2.45, 2.75) is 19.4 Å². The van der Waals surface area contributed by atoms with Gasteiger partial charge in [-0.3, -0.25) is 19.4 Å². The highest BCUT2D eigenvalue weighted by atomic mass is 16.2. The predicted molar refractivity (Wildman–Crippen MR) is 97.7 cm³/mol. The normalized spacial score (nSPS) is 17.3. The van der Waals surface area contributed by atoms with Gasteiger partial charge in [-0.05, 0) is 55.8 Å². The summed E-state index contributed by atoms with van der Waals surface area (Å²) in [6, 6.07) is 15.1. The lowest BCUT2D eigenvalue weighted by Gasteiger charge is -2.29. The first-order valence-electron chi connectivity index (χ1n) is 8.73. The van der Waals surface area contributed by atoms with Crippen LogP contribution in [0.15, 0.2) is 48.5 Å². The molecule has 1 fully saturated rings. The summed E-state index contributed by atoms with van der Waals surface area (Å²) in [4.78, 5) is 28.8. The van der Waals surface area contributed by atoms with Crippen LogP contribution in [0.4, 0.5) is 11.4 Å². The van der Waals surface area contributed by atoms with Gasteiger partial charge >= 0.3 is 0 Å². The third-order valence-electron chi connectivity index (χ3n) is 4.82. The SMILES string of the molecule is O=C1CN(C(=O)c2ccc(CN3CCCC3)cc2)c2ccccc2N1. The van der Waals surface area contributed by atoms with Crippen molar-refractivity contribution in [2.75, 3.05) is 29.9 Å². The van der Waals surface area contributed by atoms with Crippen LogP contribution in [0.5, 0.6) is 0 Å². The van der Waals surface area contributed by atoms with E-state index in [4.69, 9.17) is 0 Å². The first-order valence-corrected chi connectivity index (χ1v) is 8.73. The van der Waals surface area contributed by atoms with Crippen molar-refractivity contribution in [3.63, 3.8) is 0 Å². The first-order chi connectivity index (χ1) is 12.2. The summed E-state index contributed by atoms with van der Waals surface area (Å²) >= 11 is 0. The van der Waals surface area contributed by atoms with Crippen LogP contribution in [0.25, 0.3) is 0 Å². The molecule has 2 aromatic rings. The zero-order valence-electron chi connectivity index (χ0n) is 14.1. The number of likely N-dealkylation sites (tertiary alicyclic amines) is 1. The summed E-state index contributed by atoms with van der Waals surface area (Å²) in [6.07, 6.45) is 2.54. The molecule has 0 atom stereocenters. The lowest BCUT2D eigenvalue weighted by molar-refractivity contribution is -0.115. The highest BCUT2D eigenvalue weighted by molar-refractivity contribution is 6.15. The Kier molecular flexibility index (Phi) is 4.24. The predicted octanol–water partition coefficient (Wildman–Crippen LogP) is 2.88. The lowest BCUT2D eigenvalue weighted by Crippen LogP contribution is -2.42. The Hall–Kier alpha value is -2.66. The number of rotatable bonds is 3. The average Bonchev–Trinajstić information content (AvgIpc) is 3.14. The molecule has 1 N–H and O–H groups in total. The van der Waals surface area contributed by atoms with Crippen LogP contribution in [-0.4, -0.2) is 36.3 Å². The van der Waals surface area contributed by atoms with Gasteiger partial charge in [-0.2, -0.15) is 0 Å². The number of carbonyl (C=O) groups excluding carboxylic acids is 2. The number of benzene rings is 2. The van der Waals surface area contributed by atoms with Gasteiger partial charge in [-0.1, -0.05) is 24.3 Å². The van der Waals surface area contributed by atoms with Crippen molar-refractivity contribution in [1.29, 1.82) is 0 Å². The fraction of sp³-hybridized carbons (Fsp3) is 0.300. The van der Waals surface area contributed by atoms with Gasteiger partial charge < -0.3 is 5.32 Å². The molecule has 0 radical (unpaired) electrons. The molecule has 25 heavy (non-hydrogen) atoms. The Morgan fingerprint density at radius 2 is 1.72 bits per heavy atom. The summed E-state index contributed by atoms with van der Waals surface area (Å²) in [5.41, 5.74) is 3.25. The molecule has 5 heteroatoms. The van der Waals surface area contributed by atoms with Gasteiger partial charge in [0.15, 0.2) is 0 Å². The van der Waals surface area contributed by atoms with E-state index in [2.05, 4.69) is 10.2 Å². The van der Waals surface area contributed by atoms with Crippen molar-refractivity contribution in [2.24, 2.45) is 0 Å². The van der Waals surface area contributed by atoms with Gasteiger partial charge in [0.05, 0.1) is 11.4 Å². The monoisotopic (exact) mass is 335 g/mol. The number of carbonyl (C=O) groups is 2. The van der Waals surface area contributed by atoms with Crippen LogP contribution in [-0.2, 0) is 11.3 Å². The van der Waals surface area contributed by atoms with Crippen LogP contribution < -0.4 is 10.2 Å². The number of anilines is 2. The van der Waals surface area contributed by atoms with E-state index in [0.29, 0.717) is 11.3 Å². The first kappa shape index (κ1) is 15.8. The maximum absolute atomic E-state index is 12.9. The molecule has 2 aliphatic rings. The standard InChI is InChI=1S/C20H21N3O2/c24-19-14-23(18-6-2-1-5-17(18)21-19)20(25)16-9-7-15(8-10-16)13-22-11-3-4-12-22/h1-2,5-10H,3-4,11-14H2,(H,21,24). The summed E-state index contributed by atoms with van der Waals surface area (Å²) in [5.74, 6) is -0.312. The van der Waals surface area contributed by atoms with E-state index in [9.17, 15) is 9.59 Å². The molecule has 0 spiro atoms. The Balaban J connectivity index is 1.53. The van der Waals surface area contributed by atoms with Gasteiger partial charge in [0.1, 0.15) is 6.54 Å². The largest absolute Gasteiger partial charge is 0.323 e. The molecule has 0 unspecified atom stereocenters. The van der Waals surface area contributed by atoms with Crippen molar-refractivity contribution in [3.05, 3.63) is 59.7 Å². The summed E-state index contributed by atoms with van der Waals surface area (Å²) in [6.45, 7) is 3.29. The Labute approximate surface area is 147 Å². The van der Waals surface area contributed by atoms with Crippen molar-refractivity contribution < 1.29 is 9.59 Å². The Morgan fingerprint density at radius 1 is 1.00 bits per heavy atom. The van der Waals surface area contributed by atoms with Crippen LogP contribution in [0.3, 0.4) is 0 Å². The minimum atomic E-state index is -0.169. The molecule has 1 saturated heterocycles. The van der Waals surface area contributed by atoms with E-state index in [1.165, 1.54) is 18.4 Å². The number of hydrogen-bond acceptors (Lipinski definition) is 3. The highest BCUT2D eigenvalue weighted by Crippen LogP contribution is 2.30. The maximum Gasteiger partial charge on any atom is 0.258 e. The van der Waals surface area contributed by atoms with Crippen molar-refractivity contribution in [3.8, 4) is 0 Å². The molecule has 2 aromatic carbocycles. The number of fused-ring (bicyclic) bond motifs is 1. The number of amides is 2. The van der Waals surface area contributed by atoms with E-state index >= 15 is 0 Å². The second-order valence-electron chi connectivity index (χ2n) is 6.64. The van der Waals surface area contributed by atoms with Gasteiger partial charge in [-0.15, -0.1) is 0 Å². The Morgan fingerprint density at radius 3 is 2.48 bits per heavy atom. The molecule has 0 bridgehead atoms. The molecule has 128 valence electrons. The number of nitrogens with one attached hydrogen (secondary N) is 1. The molecule has 0 aromatic heterocycles. The topological polar surface area (TPSA) is 52.7 Å². The molecule has 5 nitrogen and oxygen atoms in total. The third-order valence-corrected chi connectivity index (χ3v) is 4.82. The van der Waals surface area contributed by atoms with E-state index in [0.717, 1.165) is 25.3 Å². The van der Waals surface area contributed by atoms with E-state index in [-0.39, 0.29) is 18.4 Å². The maximum atomic E-state index is 12.9. The lowest BCUT2D eigenvalue weighted by atomic mass is 10.1. The van der Waals surface area contributed by atoms with Crippen LogP contribution >= 0.6 is 0 Å². The molecular formula is C20H21N3O2. The number of hydrogen-bond donors (Lipinski definition) is 1. The molecule has 4 rings (SSSR count). The van der Waals surface area contributed by atoms with Gasteiger partial charge in [0.25, 0.3) is 5.91 Å². The zero-order chi connectivity index (χ0) is 17.2. The Bertz CT molecular complexity index is 795. The van der Waals surface area contributed by atoms with Gasteiger partial charge in [0.2, 0.25) is 5.91 Å². The van der Waals surface area contributed by atoms with Gasteiger partial charge in [-0.25, -0.2) is 0 Å². The summed E-state index contributed by atoms with van der Waals surface area (Å²) < 4.78 is 0. The van der Waals surface area contributed by atoms with Crippen LogP contribution in [0, 0.1) is 0 Å². The molecule has 0 aliphatic carbocycles. The third kappa shape index (κ3) is 3.28. The number of nitrogens with zero attached hydrogens (tertiary/aromatic N) is 2. The average molecular weight is 335 g/mol. The molecular weight excluding hydrogens is 314 g/mol. The number of para-hydroxylation sites is 2. The van der Waals surface area contributed by atoms with E-state index in [1.807, 2.05) is 48.5 Å². The van der Waals surface area contributed by atoms with Gasteiger partial charge in [0, 0.05) is 12.1 Å². The summed E-state index contributed by atoms with van der Waals surface area (Å²) in [5, 5.41) is 2.81. The van der Waals surface area contributed by atoms with Crippen molar-refractivity contribution >= 4 is 23.2 Å². The molecule has 2 heterocycles. The van der Waals surface area contributed by atoms with Crippen LogP contribution in [0.2, 0.25) is 0 Å². The fourth-order valence-corrected chi connectivity index (χ4v) is 3.52. The van der Waals surface area contributed by atoms with E-state index in [1.54, 1.807) is 4.90 Å². The second kappa shape index (κ2) is 6.69. The molecule has 0 saturated carbocycles. The molecule has 2 amide bonds. The van der Waals surface area contributed by atoms with Crippen LogP contribution in [0.1, 0.15) is 28.8 Å². The highest BCUT2D eigenvalue weighted by Gasteiger charge is 2.27. The van der Waals surface area contributed by atoms with Crippen molar-refractivity contribution in [1.82, 2.24) is 4.90 Å². The minimum absolute atomic E-state index is 0.0470.